The highest BCUT2D eigenvalue weighted by Crippen LogP contribution is 2.17. The van der Waals surface area contributed by atoms with Crippen molar-refractivity contribution >= 4 is 6.08 Å². The van der Waals surface area contributed by atoms with Crippen LogP contribution in [0.3, 0.4) is 0 Å². The number of aryl methyl sites for hydroxylation is 2. The molecule has 0 spiro atoms. The van der Waals surface area contributed by atoms with Gasteiger partial charge in [0, 0.05) is 11.9 Å². The first kappa shape index (κ1) is 10.8. The third kappa shape index (κ3) is 2.63. The molecule has 0 radical (unpaired) electrons. The Morgan fingerprint density at radius 2 is 2.29 bits per heavy atom. The molecule has 1 aromatic rings. The van der Waals surface area contributed by atoms with E-state index in [0.717, 1.165) is 12.0 Å². The summed E-state index contributed by atoms with van der Waals surface area (Å²) in [4.78, 5) is 3.26. The van der Waals surface area contributed by atoms with E-state index in [4.69, 9.17) is 0 Å². The fourth-order valence-corrected chi connectivity index (χ4v) is 1.53. The molecule has 0 atom stereocenters. The second kappa shape index (κ2) is 4.85. The van der Waals surface area contributed by atoms with Crippen LogP contribution in [-0.4, -0.2) is 4.98 Å². The van der Waals surface area contributed by atoms with Crippen LogP contribution in [0.2, 0.25) is 0 Å². The van der Waals surface area contributed by atoms with Gasteiger partial charge in [0.25, 0.3) is 0 Å². The van der Waals surface area contributed by atoms with E-state index >= 15 is 0 Å². The monoisotopic (exact) mass is 189 g/mol. The highest BCUT2D eigenvalue weighted by atomic mass is 14.7. The standard InChI is InChI=1S/C13H19N/c1-5-6-12-9-14-11(4)13(12)8-7-10(2)3/h7-9,14H,2,5-6H2,1,3-4H3/b8-7-. The third-order valence-corrected chi connectivity index (χ3v) is 2.27. The Labute approximate surface area is 86.5 Å². The van der Waals surface area contributed by atoms with Crippen LogP contribution < -0.4 is 0 Å². The lowest BCUT2D eigenvalue weighted by molar-refractivity contribution is 0.921. The SMILES string of the molecule is C=C(C)/C=C\c1c(CCC)c[nH]c1C. The van der Waals surface area contributed by atoms with E-state index in [1.807, 2.05) is 6.92 Å². The average Bonchev–Trinajstić information content (AvgIpc) is 2.45. The Morgan fingerprint density at radius 3 is 2.86 bits per heavy atom. The molecule has 0 aliphatic rings. The van der Waals surface area contributed by atoms with Crippen molar-refractivity contribution in [2.75, 3.05) is 0 Å². The van der Waals surface area contributed by atoms with E-state index in [9.17, 15) is 0 Å². The molecule has 1 aromatic heterocycles. The van der Waals surface area contributed by atoms with Gasteiger partial charge in [-0.25, -0.2) is 0 Å². The first-order valence-corrected chi connectivity index (χ1v) is 5.15. The number of nitrogens with one attached hydrogen (secondary N) is 1. The maximum Gasteiger partial charge on any atom is 0.0191 e. The smallest absolute Gasteiger partial charge is 0.0191 e. The summed E-state index contributed by atoms with van der Waals surface area (Å²) in [5.74, 6) is 0. The van der Waals surface area contributed by atoms with Crippen LogP contribution in [0.4, 0.5) is 0 Å². The molecule has 0 saturated carbocycles. The second-order valence-corrected chi connectivity index (χ2v) is 3.78. The van der Waals surface area contributed by atoms with E-state index in [1.165, 1.54) is 23.2 Å². The van der Waals surface area contributed by atoms with E-state index < -0.39 is 0 Å². The van der Waals surface area contributed by atoms with Crippen LogP contribution in [0.25, 0.3) is 6.08 Å². The highest BCUT2D eigenvalue weighted by Gasteiger charge is 2.03. The molecule has 0 aromatic carbocycles. The Morgan fingerprint density at radius 1 is 1.57 bits per heavy atom. The molecular formula is C13H19N. The molecule has 0 bridgehead atoms. The van der Waals surface area contributed by atoms with Gasteiger partial charge < -0.3 is 4.98 Å². The lowest BCUT2D eigenvalue weighted by atomic mass is 10.1. The minimum atomic E-state index is 1.09. The van der Waals surface area contributed by atoms with E-state index in [1.54, 1.807) is 0 Å². The summed E-state index contributed by atoms with van der Waals surface area (Å²) in [7, 11) is 0. The van der Waals surface area contributed by atoms with Gasteiger partial charge in [-0.3, -0.25) is 0 Å². The molecule has 14 heavy (non-hydrogen) atoms. The van der Waals surface area contributed by atoms with Crippen molar-refractivity contribution in [1.29, 1.82) is 0 Å². The molecule has 0 saturated heterocycles. The van der Waals surface area contributed by atoms with Crippen LogP contribution in [0.1, 0.15) is 37.1 Å². The van der Waals surface area contributed by atoms with Crippen molar-refractivity contribution in [3.63, 3.8) is 0 Å². The fraction of sp³-hybridized carbons (Fsp3) is 0.385. The molecule has 0 aliphatic carbocycles. The van der Waals surface area contributed by atoms with E-state index in [-0.39, 0.29) is 0 Å². The van der Waals surface area contributed by atoms with Gasteiger partial charge in [-0.1, -0.05) is 37.6 Å². The molecule has 0 aliphatic heterocycles. The number of hydrogen-bond donors (Lipinski definition) is 1. The molecule has 76 valence electrons. The second-order valence-electron chi connectivity index (χ2n) is 3.78. The molecule has 0 amide bonds. The van der Waals surface area contributed by atoms with Gasteiger partial charge >= 0.3 is 0 Å². The van der Waals surface area contributed by atoms with Gasteiger partial charge in [-0.15, -0.1) is 0 Å². The first-order valence-electron chi connectivity index (χ1n) is 5.15. The molecule has 1 rings (SSSR count). The normalized spacial score (nSPS) is 11.1. The number of H-pyrrole nitrogens is 1. The third-order valence-electron chi connectivity index (χ3n) is 2.27. The number of allylic oxidation sites excluding steroid dienone is 2. The predicted octanol–water partition coefficient (Wildman–Crippen LogP) is 3.86. The van der Waals surface area contributed by atoms with Crippen molar-refractivity contribution in [1.82, 2.24) is 4.98 Å². The van der Waals surface area contributed by atoms with Crippen molar-refractivity contribution < 1.29 is 0 Å². The minimum absolute atomic E-state index is 1.09. The molecule has 1 heterocycles. The lowest BCUT2D eigenvalue weighted by Crippen LogP contribution is -1.84. The zero-order chi connectivity index (χ0) is 10.6. The Kier molecular flexibility index (Phi) is 3.75. The summed E-state index contributed by atoms with van der Waals surface area (Å²) in [6.45, 7) is 10.2. The van der Waals surface area contributed by atoms with Crippen molar-refractivity contribution in [2.45, 2.75) is 33.6 Å². The van der Waals surface area contributed by atoms with Crippen molar-refractivity contribution in [3.8, 4) is 0 Å². The molecule has 0 fully saturated rings. The van der Waals surface area contributed by atoms with Gasteiger partial charge in [0.15, 0.2) is 0 Å². The summed E-state index contributed by atoms with van der Waals surface area (Å²) in [6, 6.07) is 0. The number of hydrogen-bond acceptors (Lipinski definition) is 0. The minimum Gasteiger partial charge on any atom is -0.364 e. The maximum atomic E-state index is 3.86. The first-order chi connectivity index (χ1) is 6.65. The van der Waals surface area contributed by atoms with E-state index in [0.29, 0.717) is 0 Å². The van der Waals surface area contributed by atoms with E-state index in [2.05, 4.69) is 43.8 Å². The average molecular weight is 189 g/mol. The highest BCUT2D eigenvalue weighted by molar-refractivity contribution is 5.58. The zero-order valence-corrected chi connectivity index (χ0v) is 9.35. The van der Waals surface area contributed by atoms with Crippen LogP contribution >= 0.6 is 0 Å². The van der Waals surface area contributed by atoms with Crippen LogP contribution in [0.5, 0.6) is 0 Å². The fourth-order valence-electron chi connectivity index (χ4n) is 1.53. The van der Waals surface area contributed by atoms with Gasteiger partial charge in [-0.2, -0.15) is 0 Å². The maximum absolute atomic E-state index is 3.86. The van der Waals surface area contributed by atoms with Crippen molar-refractivity contribution in [3.05, 3.63) is 41.2 Å². The molecule has 1 N–H and O–H groups in total. The number of aromatic nitrogens is 1. The summed E-state index contributed by atoms with van der Waals surface area (Å²) in [5, 5.41) is 0. The lowest BCUT2D eigenvalue weighted by Gasteiger charge is -1.98. The zero-order valence-electron chi connectivity index (χ0n) is 9.35. The predicted molar refractivity (Wildman–Crippen MR) is 63.4 cm³/mol. The Bertz CT molecular complexity index is 342. The number of rotatable bonds is 4. The van der Waals surface area contributed by atoms with Crippen LogP contribution in [-0.2, 0) is 6.42 Å². The van der Waals surface area contributed by atoms with Gasteiger partial charge in [0.2, 0.25) is 0 Å². The quantitative estimate of drug-likeness (QED) is 0.692. The number of aromatic amines is 1. The Hall–Kier alpha value is -1.24. The van der Waals surface area contributed by atoms with Gasteiger partial charge in [0.05, 0.1) is 0 Å². The summed E-state index contributed by atoms with van der Waals surface area (Å²) < 4.78 is 0. The summed E-state index contributed by atoms with van der Waals surface area (Å²) >= 11 is 0. The summed E-state index contributed by atoms with van der Waals surface area (Å²) in [6.07, 6.45) is 8.65. The molecule has 1 nitrogen and oxygen atoms in total. The van der Waals surface area contributed by atoms with Crippen LogP contribution in [0, 0.1) is 6.92 Å². The van der Waals surface area contributed by atoms with Gasteiger partial charge in [0.1, 0.15) is 0 Å². The summed E-state index contributed by atoms with van der Waals surface area (Å²) in [5.41, 5.74) is 5.07. The molecule has 1 heteroatoms. The van der Waals surface area contributed by atoms with Crippen LogP contribution in [0.15, 0.2) is 24.4 Å². The topological polar surface area (TPSA) is 15.8 Å². The van der Waals surface area contributed by atoms with Crippen molar-refractivity contribution in [2.24, 2.45) is 0 Å². The molecule has 0 unspecified atom stereocenters. The largest absolute Gasteiger partial charge is 0.364 e. The Balaban J connectivity index is 2.93. The van der Waals surface area contributed by atoms with Gasteiger partial charge in [-0.05, 0) is 31.4 Å². The molecular weight excluding hydrogens is 170 g/mol.